The molecule has 1 saturated heterocycles. The average Bonchev–Trinajstić information content (AvgIpc) is 2.84. The Morgan fingerprint density at radius 2 is 2.20 bits per heavy atom. The minimum absolute atomic E-state index is 0.00964. The van der Waals surface area contributed by atoms with E-state index in [4.69, 9.17) is 0 Å². The molecule has 1 fully saturated rings. The Morgan fingerprint density at radius 3 is 2.75 bits per heavy atom. The molecule has 1 atom stereocenters. The van der Waals surface area contributed by atoms with Crippen molar-refractivity contribution in [2.24, 2.45) is 11.3 Å². The number of aliphatic carboxylic acids is 1. The SMILES string of the molecule is CC(C)(C(=O)O)C1CCCN(C(=O)c2csc(I)c2)C1. The van der Waals surface area contributed by atoms with E-state index in [-0.39, 0.29) is 11.8 Å². The fraction of sp³-hybridized carbons (Fsp3) is 0.571. The molecule has 0 radical (unpaired) electrons. The quantitative estimate of drug-likeness (QED) is 0.783. The summed E-state index contributed by atoms with van der Waals surface area (Å²) in [7, 11) is 0. The lowest BCUT2D eigenvalue weighted by Gasteiger charge is -2.39. The van der Waals surface area contributed by atoms with Crippen LogP contribution in [-0.4, -0.2) is 35.0 Å². The van der Waals surface area contributed by atoms with E-state index in [0.29, 0.717) is 12.1 Å². The molecule has 110 valence electrons. The molecular weight excluding hydrogens is 389 g/mol. The fourth-order valence-corrected chi connectivity index (χ4v) is 3.85. The Labute approximate surface area is 136 Å². The number of piperidine rings is 1. The zero-order valence-electron chi connectivity index (χ0n) is 11.6. The summed E-state index contributed by atoms with van der Waals surface area (Å²) in [6.45, 7) is 4.75. The number of halogens is 1. The number of nitrogens with zero attached hydrogens (tertiary/aromatic N) is 1. The van der Waals surface area contributed by atoms with Crippen LogP contribution in [0.25, 0.3) is 0 Å². The van der Waals surface area contributed by atoms with Gasteiger partial charge in [-0.05, 0) is 61.3 Å². The second-order valence-electron chi connectivity index (χ2n) is 5.76. The van der Waals surface area contributed by atoms with E-state index in [9.17, 15) is 14.7 Å². The van der Waals surface area contributed by atoms with Gasteiger partial charge in [0.1, 0.15) is 0 Å². The third-order valence-electron chi connectivity index (χ3n) is 4.09. The molecule has 0 spiro atoms. The largest absolute Gasteiger partial charge is 0.481 e. The second kappa shape index (κ2) is 6.01. The van der Waals surface area contributed by atoms with Gasteiger partial charge in [0.15, 0.2) is 0 Å². The molecule has 6 heteroatoms. The van der Waals surface area contributed by atoms with Gasteiger partial charge in [0.2, 0.25) is 0 Å². The van der Waals surface area contributed by atoms with Crippen LogP contribution in [0.5, 0.6) is 0 Å². The summed E-state index contributed by atoms with van der Waals surface area (Å²) in [6, 6.07) is 1.89. The van der Waals surface area contributed by atoms with Crippen molar-refractivity contribution in [2.75, 3.05) is 13.1 Å². The van der Waals surface area contributed by atoms with Crippen LogP contribution in [-0.2, 0) is 4.79 Å². The maximum Gasteiger partial charge on any atom is 0.309 e. The van der Waals surface area contributed by atoms with Crippen LogP contribution in [0.2, 0.25) is 0 Å². The second-order valence-corrected chi connectivity index (χ2v) is 8.56. The zero-order chi connectivity index (χ0) is 14.9. The molecule has 1 aromatic heterocycles. The van der Waals surface area contributed by atoms with Gasteiger partial charge in [-0.3, -0.25) is 9.59 Å². The Balaban J connectivity index is 2.11. The number of hydrogen-bond donors (Lipinski definition) is 1. The minimum Gasteiger partial charge on any atom is -0.481 e. The molecular formula is C14H18INO3S. The summed E-state index contributed by atoms with van der Waals surface area (Å²) >= 11 is 3.75. The molecule has 2 rings (SSSR count). The van der Waals surface area contributed by atoms with E-state index in [1.54, 1.807) is 30.1 Å². The maximum atomic E-state index is 12.4. The Hall–Kier alpha value is -0.630. The van der Waals surface area contributed by atoms with E-state index in [1.165, 1.54) is 0 Å². The molecule has 0 saturated carbocycles. The summed E-state index contributed by atoms with van der Waals surface area (Å²) in [5, 5.41) is 11.2. The molecule has 0 aliphatic carbocycles. The van der Waals surface area contributed by atoms with Crippen LogP contribution in [0, 0.1) is 14.2 Å². The van der Waals surface area contributed by atoms with Gasteiger partial charge in [0, 0.05) is 18.5 Å². The van der Waals surface area contributed by atoms with Gasteiger partial charge in [0.05, 0.1) is 13.9 Å². The standard InChI is InChI=1S/C14H18INO3S/c1-14(2,13(18)19)10-4-3-5-16(7-10)12(17)9-6-11(15)20-8-9/h6,8,10H,3-5,7H2,1-2H3,(H,18,19). The molecule has 1 N–H and O–H groups in total. The number of thiophene rings is 1. The lowest BCUT2D eigenvalue weighted by molar-refractivity contribution is -0.151. The third kappa shape index (κ3) is 3.16. The van der Waals surface area contributed by atoms with Crippen LogP contribution in [0.3, 0.4) is 0 Å². The zero-order valence-corrected chi connectivity index (χ0v) is 14.5. The average molecular weight is 407 g/mol. The van der Waals surface area contributed by atoms with E-state index in [1.807, 2.05) is 11.4 Å². The maximum absolute atomic E-state index is 12.4. The molecule has 1 unspecified atom stereocenters. The van der Waals surface area contributed by atoms with E-state index < -0.39 is 11.4 Å². The number of carboxylic acids is 1. The molecule has 1 aliphatic heterocycles. The van der Waals surface area contributed by atoms with E-state index in [0.717, 1.165) is 22.3 Å². The summed E-state index contributed by atoms with van der Waals surface area (Å²) in [6.07, 6.45) is 1.73. The van der Waals surface area contributed by atoms with Gasteiger partial charge in [-0.15, -0.1) is 11.3 Å². The normalized spacial score (nSPS) is 19.9. The number of hydrogen-bond acceptors (Lipinski definition) is 3. The number of rotatable bonds is 3. The highest BCUT2D eigenvalue weighted by molar-refractivity contribution is 14.1. The van der Waals surface area contributed by atoms with Gasteiger partial charge >= 0.3 is 5.97 Å². The molecule has 1 amide bonds. The number of carboxylic acid groups (broad SMARTS) is 1. The lowest BCUT2D eigenvalue weighted by Crippen LogP contribution is -2.46. The predicted molar refractivity (Wildman–Crippen MR) is 87.1 cm³/mol. The summed E-state index contributed by atoms with van der Waals surface area (Å²) in [5.74, 6) is -0.757. The minimum atomic E-state index is -0.790. The highest BCUT2D eigenvalue weighted by Gasteiger charge is 2.40. The van der Waals surface area contributed by atoms with Gasteiger partial charge in [0.25, 0.3) is 5.91 Å². The van der Waals surface area contributed by atoms with Gasteiger partial charge in [-0.25, -0.2) is 0 Å². The van der Waals surface area contributed by atoms with Crippen LogP contribution >= 0.6 is 33.9 Å². The number of carbonyl (C=O) groups is 2. The van der Waals surface area contributed by atoms with Crippen molar-refractivity contribution in [1.82, 2.24) is 4.90 Å². The fourth-order valence-electron chi connectivity index (χ4n) is 2.53. The van der Waals surface area contributed by atoms with Crippen molar-refractivity contribution in [3.05, 3.63) is 19.9 Å². The highest BCUT2D eigenvalue weighted by atomic mass is 127. The van der Waals surface area contributed by atoms with Crippen LogP contribution in [0.15, 0.2) is 11.4 Å². The van der Waals surface area contributed by atoms with Gasteiger partial charge < -0.3 is 10.0 Å². The predicted octanol–water partition coefficient (Wildman–Crippen LogP) is 3.32. The van der Waals surface area contributed by atoms with E-state index in [2.05, 4.69) is 22.6 Å². The molecule has 0 aromatic carbocycles. The molecule has 1 aromatic rings. The van der Waals surface area contributed by atoms with Crippen molar-refractivity contribution in [2.45, 2.75) is 26.7 Å². The lowest BCUT2D eigenvalue weighted by atomic mass is 9.74. The van der Waals surface area contributed by atoms with Crippen molar-refractivity contribution < 1.29 is 14.7 Å². The summed E-state index contributed by atoms with van der Waals surface area (Å²) in [4.78, 5) is 25.6. The van der Waals surface area contributed by atoms with Gasteiger partial charge in [-0.1, -0.05) is 0 Å². The van der Waals surface area contributed by atoms with E-state index >= 15 is 0 Å². The smallest absolute Gasteiger partial charge is 0.309 e. The Kier molecular flexibility index (Phi) is 4.73. The Bertz CT molecular complexity index is 526. The highest BCUT2D eigenvalue weighted by Crippen LogP contribution is 2.34. The molecule has 0 bridgehead atoms. The first-order valence-corrected chi connectivity index (χ1v) is 8.55. The first-order chi connectivity index (χ1) is 9.32. The van der Waals surface area contributed by atoms with Crippen LogP contribution < -0.4 is 0 Å². The third-order valence-corrected chi connectivity index (χ3v) is 5.88. The van der Waals surface area contributed by atoms with Crippen molar-refractivity contribution in [3.8, 4) is 0 Å². The monoisotopic (exact) mass is 407 g/mol. The molecule has 2 heterocycles. The molecule has 1 aliphatic rings. The Morgan fingerprint density at radius 1 is 1.50 bits per heavy atom. The van der Waals surface area contributed by atoms with Gasteiger partial charge in [-0.2, -0.15) is 0 Å². The van der Waals surface area contributed by atoms with Crippen molar-refractivity contribution in [3.63, 3.8) is 0 Å². The van der Waals surface area contributed by atoms with Crippen molar-refractivity contribution >= 4 is 45.8 Å². The number of amides is 1. The van der Waals surface area contributed by atoms with Crippen LogP contribution in [0.1, 0.15) is 37.0 Å². The van der Waals surface area contributed by atoms with Crippen LogP contribution in [0.4, 0.5) is 0 Å². The number of carbonyl (C=O) groups excluding carboxylic acids is 1. The first kappa shape index (κ1) is 15.8. The topological polar surface area (TPSA) is 57.6 Å². The molecule has 20 heavy (non-hydrogen) atoms. The number of likely N-dealkylation sites (tertiary alicyclic amines) is 1. The first-order valence-electron chi connectivity index (χ1n) is 6.59. The molecule has 4 nitrogen and oxygen atoms in total. The van der Waals surface area contributed by atoms with Crippen molar-refractivity contribution in [1.29, 1.82) is 0 Å². The summed E-state index contributed by atoms with van der Waals surface area (Å²) < 4.78 is 1.09. The summed E-state index contributed by atoms with van der Waals surface area (Å²) in [5.41, 5.74) is -0.0738.